The first-order valence-electron chi connectivity index (χ1n) is 6.07. The van der Waals surface area contributed by atoms with Crippen LogP contribution < -0.4 is 5.73 Å². The molecule has 1 radical (unpaired) electrons. The average molecular weight is 246 g/mol. The van der Waals surface area contributed by atoms with Crippen molar-refractivity contribution in [1.82, 2.24) is 9.88 Å². The molecule has 0 bridgehead atoms. The van der Waals surface area contributed by atoms with E-state index >= 15 is 0 Å². The highest BCUT2D eigenvalue weighted by molar-refractivity contribution is 5.98. The molecule has 2 heterocycles. The summed E-state index contributed by atoms with van der Waals surface area (Å²) in [6.45, 7) is 1.54. The lowest BCUT2D eigenvalue weighted by molar-refractivity contribution is -0.128. The Balaban J connectivity index is 2.08. The Morgan fingerprint density at radius 3 is 2.67 bits per heavy atom. The number of nitrogens with two attached hydrogens (primary N) is 1. The quantitative estimate of drug-likeness (QED) is 0.854. The molecule has 5 nitrogen and oxygen atoms in total. The number of carbonyl (C=O) groups excluding carboxylic acids is 2. The maximum absolute atomic E-state index is 12.0. The maximum atomic E-state index is 12.0. The maximum Gasteiger partial charge on any atom is 0.250 e. The Hall–Kier alpha value is -1.91. The van der Waals surface area contributed by atoms with E-state index in [2.05, 4.69) is 4.98 Å². The molecule has 1 aliphatic heterocycles. The van der Waals surface area contributed by atoms with Crippen molar-refractivity contribution in [2.24, 2.45) is 5.73 Å². The fourth-order valence-electron chi connectivity index (χ4n) is 2.06. The minimum Gasteiger partial charge on any atom is -0.366 e. The number of amides is 2. The van der Waals surface area contributed by atoms with Gasteiger partial charge in [0, 0.05) is 19.3 Å². The van der Waals surface area contributed by atoms with E-state index in [0.717, 1.165) is 25.9 Å². The van der Waals surface area contributed by atoms with Crippen LogP contribution in [0.25, 0.3) is 0 Å². The predicted molar refractivity (Wildman–Crippen MR) is 66.6 cm³/mol. The van der Waals surface area contributed by atoms with Gasteiger partial charge in [0.2, 0.25) is 5.91 Å². The molecule has 18 heavy (non-hydrogen) atoms. The summed E-state index contributed by atoms with van der Waals surface area (Å²) in [6, 6.07) is 3.20. The zero-order valence-corrected chi connectivity index (χ0v) is 10.1. The fraction of sp³-hybridized carbons (Fsp3) is 0.385. The number of carbonyl (C=O) groups is 2. The van der Waals surface area contributed by atoms with Crippen LogP contribution in [0, 0.1) is 6.42 Å². The number of likely N-dealkylation sites (tertiary alicyclic amines) is 1. The average Bonchev–Trinajstić information content (AvgIpc) is 2.40. The summed E-state index contributed by atoms with van der Waals surface area (Å²) in [4.78, 5) is 29.0. The Morgan fingerprint density at radius 2 is 2.00 bits per heavy atom. The van der Waals surface area contributed by atoms with Crippen molar-refractivity contribution in [3.05, 3.63) is 36.0 Å². The lowest BCUT2D eigenvalue weighted by Gasteiger charge is -2.26. The van der Waals surface area contributed by atoms with Crippen LogP contribution in [0.1, 0.15) is 35.3 Å². The molecule has 1 aliphatic rings. The molecule has 0 spiro atoms. The smallest absolute Gasteiger partial charge is 0.250 e. The van der Waals surface area contributed by atoms with Gasteiger partial charge >= 0.3 is 0 Å². The van der Waals surface area contributed by atoms with Crippen LogP contribution in [0.4, 0.5) is 0 Å². The number of hydrogen-bond acceptors (Lipinski definition) is 3. The Morgan fingerprint density at radius 1 is 1.28 bits per heavy atom. The highest BCUT2D eigenvalue weighted by atomic mass is 16.2. The summed E-state index contributed by atoms with van der Waals surface area (Å²) in [7, 11) is 0. The lowest BCUT2D eigenvalue weighted by Crippen LogP contribution is -2.36. The molecule has 1 aromatic heterocycles. The summed E-state index contributed by atoms with van der Waals surface area (Å²) in [5, 5.41) is 0. The highest BCUT2D eigenvalue weighted by Crippen LogP contribution is 2.13. The molecule has 0 saturated carbocycles. The van der Waals surface area contributed by atoms with Crippen molar-refractivity contribution >= 4 is 11.8 Å². The summed E-state index contributed by atoms with van der Waals surface area (Å²) in [5.74, 6) is -0.670. The third kappa shape index (κ3) is 2.85. The third-order valence-electron chi connectivity index (χ3n) is 3.03. The van der Waals surface area contributed by atoms with E-state index in [9.17, 15) is 9.59 Å². The van der Waals surface area contributed by atoms with Gasteiger partial charge in [-0.3, -0.25) is 14.6 Å². The van der Waals surface area contributed by atoms with Gasteiger partial charge in [-0.1, -0.05) is 0 Å². The van der Waals surface area contributed by atoms with Crippen LogP contribution in [0.5, 0.6) is 0 Å². The fourth-order valence-corrected chi connectivity index (χ4v) is 2.06. The van der Waals surface area contributed by atoms with Gasteiger partial charge in [0.1, 0.15) is 0 Å². The standard InChI is InChI=1S/C13H16N3O2/c14-13(18)10-5-4-6-15-11(10)9-12(17)16-7-2-1-3-8-16/h4-6,9H,1-3,7-8H2,(H2,14,18). The molecule has 2 N–H and O–H groups in total. The molecular weight excluding hydrogens is 230 g/mol. The zero-order valence-electron chi connectivity index (χ0n) is 10.1. The van der Waals surface area contributed by atoms with E-state index in [4.69, 9.17) is 5.73 Å². The van der Waals surface area contributed by atoms with E-state index in [1.54, 1.807) is 23.2 Å². The summed E-state index contributed by atoms with van der Waals surface area (Å²) >= 11 is 0. The Kier molecular flexibility index (Phi) is 3.92. The van der Waals surface area contributed by atoms with Gasteiger partial charge in [-0.25, -0.2) is 0 Å². The van der Waals surface area contributed by atoms with Gasteiger partial charge < -0.3 is 10.6 Å². The molecule has 2 rings (SSSR count). The molecule has 0 atom stereocenters. The van der Waals surface area contributed by atoms with Gasteiger partial charge in [0.05, 0.1) is 17.7 Å². The van der Waals surface area contributed by atoms with E-state index < -0.39 is 5.91 Å². The summed E-state index contributed by atoms with van der Waals surface area (Å²) < 4.78 is 0. The number of primary amides is 1. The molecule has 1 aromatic rings. The van der Waals surface area contributed by atoms with Crippen molar-refractivity contribution in [1.29, 1.82) is 0 Å². The Bertz CT molecular complexity index is 453. The highest BCUT2D eigenvalue weighted by Gasteiger charge is 2.20. The van der Waals surface area contributed by atoms with Gasteiger partial charge in [0.15, 0.2) is 0 Å². The Labute approximate surface area is 106 Å². The molecule has 1 fully saturated rings. The van der Waals surface area contributed by atoms with Crippen molar-refractivity contribution in [2.75, 3.05) is 13.1 Å². The van der Waals surface area contributed by atoms with Crippen LogP contribution in [0.3, 0.4) is 0 Å². The number of nitrogens with zero attached hydrogens (tertiary/aromatic N) is 2. The minimum absolute atomic E-state index is 0.101. The normalized spacial score (nSPS) is 15.4. The zero-order chi connectivity index (χ0) is 13.0. The molecule has 1 saturated heterocycles. The second-order valence-corrected chi connectivity index (χ2v) is 4.33. The van der Waals surface area contributed by atoms with E-state index in [-0.39, 0.29) is 11.5 Å². The van der Waals surface area contributed by atoms with Crippen LogP contribution in [-0.2, 0) is 4.79 Å². The first-order chi connectivity index (χ1) is 8.68. The molecule has 0 aromatic carbocycles. The molecule has 0 unspecified atom stereocenters. The van der Waals surface area contributed by atoms with Crippen molar-refractivity contribution in [3.63, 3.8) is 0 Å². The van der Waals surface area contributed by atoms with Crippen LogP contribution in [0.2, 0.25) is 0 Å². The van der Waals surface area contributed by atoms with Gasteiger partial charge in [-0.05, 0) is 31.4 Å². The number of pyridine rings is 1. The van der Waals surface area contributed by atoms with Crippen molar-refractivity contribution < 1.29 is 9.59 Å². The van der Waals surface area contributed by atoms with Gasteiger partial charge in [-0.15, -0.1) is 0 Å². The summed E-state index contributed by atoms with van der Waals surface area (Å²) in [6.07, 6.45) is 6.17. The second kappa shape index (κ2) is 5.62. The number of hydrogen-bond donors (Lipinski definition) is 1. The van der Waals surface area contributed by atoms with E-state index in [0.29, 0.717) is 5.69 Å². The van der Waals surface area contributed by atoms with Gasteiger partial charge in [-0.2, -0.15) is 0 Å². The first-order valence-corrected chi connectivity index (χ1v) is 6.07. The first kappa shape index (κ1) is 12.5. The number of aromatic nitrogens is 1. The van der Waals surface area contributed by atoms with Crippen LogP contribution in [-0.4, -0.2) is 34.8 Å². The minimum atomic E-state index is -0.569. The molecular formula is C13H16N3O2. The second-order valence-electron chi connectivity index (χ2n) is 4.33. The lowest BCUT2D eigenvalue weighted by atomic mass is 10.1. The monoisotopic (exact) mass is 246 g/mol. The topological polar surface area (TPSA) is 76.3 Å². The molecule has 5 heteroatoms. The molecule has 2 amide bonds. The van der Waals surface area contributed by atoms with Crippen molar-refractivity contribution in [3.8, 4) is 0 Å². The summed E-state index contributed by atoms with van der Waals surface area (Å²) in [5.41, 5.74) is 5.87. The SMILES string of the molecule is NC(=O)c1cccnc1[CH]C(=O)N1CCCCC1. The largest absolute Gasteiger partial charge is 0.366 e. The van der Waals surface area contributed by atoms with E-state index in [1.807, 2.05) is 0 Å². The number of rotatable bonds is 3. The number of piperidine rings is 1. The third-order valence-corrected chi connectivity index (χ3v) is 3.03. The van der Waals surface area contributed by atoms with Crippen molar-refractivity contribution in [2.45, 2.75) is 19.3 Å². The van der Waals surface area contributed by atoms with E-state index in [1.165, 1.54) is 12.8 Å². The van der Waals surface area contributed by atoms with Gasteiger partial charge in [0.25, 0.3) is 5.91 Å². The van der Waals surface area contributed by atoms with Crippen LogP contribution in [0.15, 0.2) is 18.3 Å². The van der Waals surface area contributed by atoms with Crippen LogP contribution >= 0.6 is 0 Å². The predicted octanol–water partition coefficient (Wildman–Crippen LogP) is 0.745. The molecule has 95 valence electrons. The molecule has 0 aliphatic carbocycles.